The van der Waals surface area contributed by atoms with E-state index in [1.54, 1.807) is 6.07 Å². The highest BCUT2D eigenvalue weighted by Crippen LogP contribution is 2.12. The van der Waals surface area contributed by atoms with Crippen molar-refractivity contribution in [3.05, 3.63) is 29.6 Å². The van der Waals surface area contributed by atoms with Gasteiger partial charge in [-0.1, -0.05) is 0 Å². The van der Waals surface area contributed by atoms with E-state index in [9.17, 15) is 24.3 Å². The Hall–Kier alpha value is -3.13. The summed E-state index contributed by atoms with van der Waals surface area (Å²) in [6.45, 7) is 21.0. The quantitative estimate of drug-likeness (QED) is 0.310. The summed E-state index contributed by atoms with van der Waals surface area (Å²) in [6, 6.07) is 3.01. The fraction of sp³-hybridized carbons (Fsp3) is 0.727. The van der Waals surface area contributed by atoms with Crippen LogP contribution in [-0.2, 0) is 35.1 Å². The molecule has 0 spiro atoms. The molecule has 0 amide bonds. The number of carbonyl (C=O) groups is 4. The maximum atomic E-state index is 12.9. The lowest BCUT2D eigenvalue weighted by atomic mass is 10.2. The molecule has 0 aliphatic carbocycles. The van der Waals surface area contributed by atoms with E-state index in [1.165, 1.54) is 12.3 Å². The molecule has 0 unspecified atom stereocenters. The van der Waals surface area contributed by atoms with Crippen LogP contribution in [0.4, 0.5) is 0 Å². The molecule has 46 heavy (non-hydrogen) atoms. The van der Waals surface area contributed by atoms with Crippen molar-refractivity contribution >= 4 is 23.9 Å². The van der Waals surface area contributed by atoms with Gasteiger partial charge in [-0.15, -0.1) is 0 Å². The summed E-state index contributed by atoms with van der Waals surface area (Å²) < 4.78 is 16.8. The topological polar surface area (TPSA) is 142 Å². The van der Waals surface area contributed by atoms with Crippen LogP contribution >= 0.6 is 0 Å². The van der Waals surface area contributed by atoms with Crippen molar-refractivity contribution in [1.82, 2.24) is 24.6 Å². The number of nitrogens with zero attached hydrogens (tertiary/aromatic N) is 5. The Bertz CT molecular complexity index is 1130. The first-order valence-electron chi connectivity index (χ1n) is 15.9. The molecule has 1 aliphatic rings. The molecule has 1 N–H and O–H groups in total. The monoisotopic (exact) mass is 649 g/mol. The van der Waals surface area contributed by atoms with Gasteiger partial charge in [0.2, 0.25) is 0 Å². The normalized spacial score (nSPS) is 17.4. The van der Waals surface area contributed by atoms with E-state index in [-0.39, 0.29) is 43.1 Å². The third kappa shape index (κ3) is 17.0. The molecule has 1 aromatic heterocycles. The molecule has 13 heteroatoms. The molecule has 0 radical (unpaired) electrons. The molecule has 13 nitrogen and oxygen atoms in total. The summed E-state index contributed by atoms with van der Waals surface area (Å²) in [7, 11) is 0. The van der Waals surface area contributed by atoms with Gasteiger partial charge in [-0.25, -0.2) is 4.79 Å². The first-order valence-corrected chi connectivity index (χ1v) is 15.9. The van der Waals surface area contributed by atoms with Crippen LogP contribution in [0.25, 0.3) is 0 Å². The number of carbonyl (C=O) groups excluding carboxylic acids is 3. The zero-order chi connectivity index (χ0) is 34.7. The SMILES string of the molecule is CC(C)(C)OC(=O)CN1CCN(CC(=O)OC(C)(C)C)CCN(Cc2cc(C(=O)O)ccn2)CCN(CC(=O)OC(C)(C)C)CC1. The summed E-state index contributed by atoms with van der Waals surface area (Å²) in [5.74, 6) is -2.06. The standard InChI is InChI=1S/C33H55N5O8/c1-31(2,3)44-27(39)22-36-14-12-35(21-26-20-25(30(42)43)10-11-34-26)13-15-37(23-28(40)45-32(4,5)6)17-19-38(18-16-36)24-29(41)46-33(7,8)9/h10-11,20H,12-19,21-24H2,1-9H3,(H,42,43). The summed E-state index contributed by atoms with van der Waals surface area (Å²) in [4.78, 5) is 62.6. The molecular formula is C33H55N5O8. The van der Waals surface area contributed by atoms with Crippen molar-refractivity contribution in [3.63, 3.8) is 0 Å². The third-order valence-corrected chi connectivity index (χ3v) is 6.70. The molecule has 260 valence electrons. The van der Waals surface area contributed by atoms with E-state index in [1.807, 2.05) is 77.0 Å². The smallest absolute Gasteiger partial charge is 0.335 e. The van der Waals surface area contributed by atoms with Crippen LogP contribution < -0.4 is 0 Å². The lowest BCUT2D eigenvalue weighted by Gasteiger charge is -2.34. The molecule has 0 atom stereocenters. The highest BCUT2D eigenvalue weighted by atomic mass is 16.6. The lowest BCUT2D eigenvalue weighted by Crippen LogP contribution is -2.49. The predicted octanol–water partition coefficient (Wildman–Crippen LogP) is 2.53. The number of aromatic nitrogens is 1. The van der Waals surface area contributed by atoms with E-state index in [2.05, 4.69) is 9.88 Å². The van der Waals surface area contributed by atoms with Gasteiger partial charge in [-0.3, -0.25) is 39.0 Å². The van der Waals surface area contributed by atoms with Crippen LogP contribution in [0.2, 0.25) is 0 Å². The predicted molar refractivity (Wildman–Crippen MR) is 173 cm³/mol. The number of aromatic carboxylic acids is 1. The van der Waals surface area contributed by atoms with Gasteiger partial charge in [-0.05, 0) is 74.4 Å². The van der Waals surface area contributed by atoms with Crippen LogP contribution in [0.5, 0.6) is 0 Å². The van der Waals surface area contributed by atoms with Crippen molar-refractivity contribution in [3.8, 4) is 0 Å². The Morgan fingerprint density at radius 3 is 1.26 bits per heavy atom. The number of carboxylic acid groups (broad SMARTS) is 1. The van der Waals surface area contributed by atoms with Gasteiger partial charge < -0.3 is 19.3 Å². The van der Waals surface area contributed by atoms with Crippen LogP contribution in [0, 0.1) is 0 Å². The Kier molecular flexibility index (Phi) is 14.6. The van der Waals surface area contributed by atoms with Crippen LogP contribution in [0.3, 0.4) is 0 Å². The number of pyridine rings is 1. The van der Waals surface area contributed by atoms with E-state index >= 15 is 0 Å². The number of hydrogen-bond acceptors (Lipinski definition) is 12. The minimum Gasteiger partial charge on any atom is -0.478 e. The first kappa shape index (κ1) is 39.1. The number of rotatable bonds is 9. The van der Waals surface area contributed by atoms with Crippen molar-refractivity contribution in [2.75, 3.05) is 72.0 Å². The molecular weight excluding hydrogens is 594 g/mol. The molecule has 1 aromatic rings. The maximum absolute atomic E-state index is 12.9. The molecule has 1 fully saturated rings. The second-order valence-corrected chi connectivity index (χ2v) is 14.7. The zero-order valence-electron chi connectivity index (χ0n) is 29.3. The van der Waals surface area contributed by atoms with Gasteiger partial charge >= 0.3 is 23.9 Å². The fourth-order valence-electron chi connectivity index (χ4n) is 4.81. The largest absolute Gasteiger partial charge is 0.478 e. The molecule has 0 aromatic carbocycles. The average molecular weight is 650 g/mol. The zero-order valence-corrected chi connectivity index (χ0v) is 29.3. The molecule has 1 saturated heterocycles. The highest BCUT2D eigenvalue weighted by molar-refractivity contribution is 5.87. The second kappa shape index (κ2) is 17.1. The number of carboxylic acids is 1. The summed E-state index contributed by atoms with van der Waals surface area (Å²) in [5.41, 5.74) is -1.12. The van der Waals surface area contributed by atoms with E-state index in [0.717, 1.165) is 0 Å². The van der Waals surface area contributed by atoms with E-state index in [4.69, 9.17) is 14.2 Å². The van der Waals surface area contributed by atoms with Crippen molar-refractivity contribution in [2.45, 2.75) is 85.7 Å². The molecule has 2 rings (SSSR count). The minimum atomic E-state index is -1.03. The minimum absolute atomic E-state index is 0.0650. The van der Waals surface area contributed by atoms with Gasteiger partial charge in [0.1, 0.15) is 16.8 Å². The molecule has 2 heterocycles. The van der Waals surface area contributed by atoms with Gasteiger partial charge in [0.15, 0.2) is 0 Å². The Morgan fingerprint density at radius 1 is 0.630 bits per heavy atom. The van der Waals surface area contributed by atoms with Gasteiger partial charge in [0.05, 0.1) is 30.9 Å². The van der Waals surface area contributed by atoms with Crippen molar-refractivity contribution in [2.24, 2.45) is 0 Å². The van der Waals surface area contributed by atoms with E-state index in [0.29, 0.717) is 64.6 Å². The number of esters is 3. The lowest BCUT2D eigenvalue weighted by molar-refractivity contribution is -0.158. The molecule has 1 aliphatic heterocycles. The number of ether oxygens (including phenoxy) is 3. The summed E-state index contributed by atoms with van der Waals surface area (Å²) in [5, 5.41) is 9.48. The molecule has 0 bridgehead atoms. The van der Waals surface area contributed by atoms with Crippen LogP contribution in [-0.4, -0.2) is 142 Å². The fourth-order valence-corrected chi connectivity index (χ4v) is 4.81. The van der Waals surface area contributed by atoms with E-state index < -0.39 is 22.8 Å². The Morgan fingerprint density at radius 2 is 0.957 bits per heavy atom. The maximum Gasteiger partial charge on any atom is 0.335 e. The first-order chi connectivity index (χ1) is 21.2. The summed E-state index contributed by atoms with van der Waals surface area (Å²) >= 11 is 0. The molecule has 0 saturated carbocycles. The van der Waals surface area contributed by atoms with Gasteiger partial charge in [0.25, 0.3) is 0 Å². The third-order valence-electron chi connectivity index (χ3n) is 6.70. The van der Waals surface area contributed by atoms with Crippen LogP contribution in [0.1, 0.15) is 78.4 Å². The Labute approximate surface area is 274 Å². The van der Waals surface area contributed by atoms with Gasteiger partial charge in [-0.2, -0.15) is 0 Å². The summed E-state index contributed by atoms with van der Waals surface area (Å²) in [6.07, 6.45) is 1.48. The van der Waals surface area contributed by atoms with Crippen LogP contribution in [0.15, 0.2) is 18.3 Å². The average Bonchev–Trinajstić information content (AvgIpc) is 2.87. The van der Waals surface area contributed by atoms with Crippen molar-refractivity contribution in [1.29, 1.82) is 0 Å². The Balaban J connectivity index is 2.33. The van der Waals surface area contributed by atoms with Crippen molar-refractivity contribution < 1.29 is 38.5 Å². The van der Waals surface area contributed by atoms with Gasteiger partial charge in [0, 0.05) is 65.1 Å². The highest BCUT2D eigenvalue weighted by Gasteiger charge is 2.25. The second-order valence-electron chi connectivity index (χ2n) is 14.7. The number of hydrogen-bond donors (Lipinski definition) is 1.